The van der Waals surface area contributed by atoms with Gasteiger partial charge in [-0.15, -0.1) is 0 Å². The van der Waals surface area contributed by atoms with E-state index in [1.807, 2.05) is 32.0 Å². The maximum absolute atomic E-state index is 13.8. The number of para-hydroxylation sites is 1. The second-order valence-corrected chi connectivity index (χ2v) is 7.81. The Labute approximate surface area is 198 Å². The quantitative estimate of drug-likeness (QED) is 0.516. The Hall–Kier alpha value is -4.26. The summed E-state index contributed by atoms with van der Waals surface area (Å²) in [7, 11) is 4.62. The normalized spacial score (nSPS) is 13.4. The van der Waals surface area contributed by atoms with Crippen LogP contribution >= 0.6 is 0 Å². The molecule has 0 radical (unpaired) electrons. The first-order valence-electron chi connectivity index (χ1n) is 10.7. The highest BCUT2D eigenvalue weighted by atomic mass is 16.5. The number of nitrogens with one attached hydrogen (secondary N) is 1. The number of hydrogen-bond donors (Lipinski definition) is 1. The summed E-state index contributed by atoms with van der Waals surface area (Å²) in [5.74, 6) is 0.668. The van der Waals surface area contributed by atoms with Gasteiger partial charge in [0.1, 0.15) is 22.9 Å². The zero-order chi connectivity index (χ0) is 24.4. The molecule has 34 heavy (non-hydrogen) atoms. The fourth-order valence-electron chi connectivity index (χ4n) is 3.98. The van der Waals surface area contributed by atoms with E-state index in [1.165, 1.54) is 19.1 Å². The average Bonchev–Trinajstić information content (AvgIpc) is 3.09. The number of carbonyl (C=O) groups is 2. The smallest absolute Gasteiger partial charge is 0.282 e. The molecule has 0 aromatic heterocycles. The summed E-state index contributed by atoms with van der Waals surface area (Å²) >= 11 is 0. The molecule has 1 aliphatic rings. The van der Waals surface area contributed by atoms with Crippen LogP contribution in [-0.4, -0.2) is 33.1 Å². The standard InChI is InChI=1S/C27H26N2O5/c1-16-9-8-11-21(17(16)2)29-26(30)24(19-10-6-7-12-22(19)33-4)25(27(29)31)28-20-14-13-18(32-3)15-23(20)34-5/h6-15,28H,1-5H3. The lowest BCUT2D eigenvalue weighted by atomic mass is 10.0. The van der Waals surface area contributed by atoms with Crippen LogP contribution in [0.1, 0.15) is 16.7 Å². The van der Waals surface area contributed by atoms with Crippen molar-refractivity contribution in [2.45, 2.75) is 13.8 Å². The number of nitrogens with zero attached hydrogens (tertiary/aromatic N) is 1. The topological polar surface area (TPSA) is 77.1 Å². The van der Waals surface area contributed by atoms with Crippen LogP contribution in [0.25, 0.3) is 5.57 Å². The SMILES string of the molecule is COc1ccc(NC2=C(c3ccccc3OC)C(=O)N(c3cccc(C)c3C)C2=O)c(OC)c1. The average molecular weight is 459 g/mol. The van der Waals surface area contributed by atoms with Gasteiger partial charge in [0.25, 0.3) is 11.8 Å². The Morgan fingerprint density at radius 1 is 0.765 bits per heavy atom. The molecule has 0 aliphatic carbocycles. The van der Waals surface area contributed by atoms with Crippen LogP contribution in [0.4, 0.5) is 11.4 Å². The number of carbonyl (C=O) groups excluding carboxylic acids is 2. The van der Waals surface area contributed by atoms with E-state index in [0.29, 0.717) is 34.2 Å². The summed E-state index contributed by atoms with van der Waals surface area (Å²) in [6.07, 6.45) is 0. The minimum absolute atomic E-state index is 0.138. The molecule has 0 unspecified atom stereocenters. The van der Waals surface area contributed by atoms with Gasteiger partial charge in [0.15, 0.2) is 0 Å². The van der Waals surface area contributed by atoms with Gasteiger partial charge in [0.2, 0.25) is 0 Å². The van der Waals surface area contributed by atoms with E-state index in [1.54, 1.807) is 49.6 Å². The largest absolute Gasteiger partial charge is 0.497 e. The lowest BCUT2D eigenvalue weighted by molar-refractivity contribution is -0.120. The molecule has 7 heteroatoms. The molecule has 0 bridgehead atoms. The molecular formula is C27H26N2O5. The van der Waals surface area contributed by atoms with Crippen molar-refractivity contribution < 1.29 is 23.8 Å². The molecule has 0 atom stereocenters. The lowest BCUT2D eigenvalue weighted by Crippen LogP contribution is -2.33. The maximum atomic E-state index is 13.8. The molecular weight excluding hydrogens is 432 g/mol. The van der Waals surface area contributed by atoms with Crippen molar-refractivity contribution in [3.63, 3.8) is 0 Å². The highest BCUT2D eigenvalue weighted by molar-refractivity contribution is 6.46. The van der Waals surface area contributed by atoms with Crippen molar-refractivity contribution in [3.05, 3.63) is 83.1 Å². The number of hydrogen-bond acceptors (Lipinski definition) is 6. The van der Waals surface area contributed by atoms with Crippen LogP contribution in [0.3, 0.4) is 0 Å². The van der Waals surface area contributed by atoms with E-state index in [0.717, 1.165) is 11.1 Å². The van der Waals surface area contributed by atoms with E-state index in [2.05, 4.69) is 5.32 Å². The molecule has 7 nitrogen and oxygen atoms in total. The molecule has 3 aromatic rings. The fourth-order valence-corrected chi connectivity index (χ4v) is 3.98. The predicted molar refractivity (Wildman–Crippen MR) is 131 cm³/mol. The van der Waals surface area contributed by atoms with Crippen molar-refractivity contribution in [1.29, 1.82) is 0 Å². The minimum atomic E-state index is -0.461. The number of anilines is 2. The number of methoxy groups -OCH3 is 3. The molecule has 0 spiro atoms. The van der Waals surface area contributed by atoms with E-state index < -0.39 is 11.8 Å². The second kappa shape index (κ2) is 9.31. The lowest BCUT2D eigenvalue weighted by Gasteiger charge is -2.19. The number of rotatable bonds is 7. The summed E-state index contributed by atoms with van der Waals surface area (Å²) in [4.78, 5) is 28.8. The van der Waals surface area contributed by atoms with Gasteiger partial charge in [-0.3, -0.25) is 9.59 Å². The third-order valence-corrected chi connectivity index (χ3v) is 5.95. The van der Waals surface area contributed by atoms with E-state index in [9.17, 15) is 9.59 Å². The summed E-state index contributed by atoms with van der Waals surface area (Å²) in [6.45, 7) is 3.84. The Kier molecular flexibility index (Phi) is 6.27. The van der Waals surface area contributed by atoms with Gasteiger partial charge < -0.3 is 19.5 Å². The number of amides is 2. The van der Waals surface area contributed by atoms with Gasteiger partial charge in [-0.25, -0.2) is 4.90 Å². The first-order chi connectivity index (χ1) is 16.4. The van der Waals surface area contributed by atoms with Gasteiger partial charge in [-0.1, -0.05) is 30.3 Å². The van der Waals surface area contributed by atoms with Gasteiger partial charge in [-0.05, 0) is 49.2 Å². The molecule has 0 fully saturated rings. The zero-order valence-electron chi connectivity index (χ0n) is 19.8. The third-order valence-electron chi connectivity index (χ3n) is 5.95. The molecule has 1 aliphatic heterocycles. The number of benzene rings is 3. The molecule has 4 rings (SSSR count). The third kappa shape index (κ3) is 3.85. The van der Waals surface area contributed by atoms with E-state index in [4.69, 9.17) is 14.2 Å². The van der Waals surface area contributed by atoms with Crippen LogP contribution in [0.15, 0.2) is 66.4 Å². The molecule has 1 heterocycles. The Morgan fingerprint density at radius 2 is 1.50 bits per heavy atom. The summed E-state index contributed by atoms with van der Waals surface area (Å²) in [5, 5.41) is 3.16. The van der Waals surface area contributed by atoms with Crippen LogP contribution in [0.2, 0.25) is 0 Å². The van der Waals surface area contributed by atoms with Crippen molar-refractivity contribution in [2.75, 3.05) is 31.5 Å². The monoisotopic (exact) mass is 458 g/mol. The highest BCUT2D eigenvalue weighted by Gasteiger charge is 2.42. The first-order valence-corrected chi connectivity index (χ1v) is 10.7. The van der Waals surface area contributed by atoms with Crippen LogP contribution < -0.4 is 24.4 Å². The van der Waals surface area contributed by atoms with E-state index >= 15 is 0 Å². The van der Waals surface area contributed by atoms with Crippen molar-refractivity contribution in [3.8, 4) is 17.2 Å². The Morgan fingerprint density at radius 3 is 2.21 bits per heavy atom. The van der Waals surface area contributed by atoms with Crippen molar-refractivity contribution in [2.24, 2.45) is 0 Å². The van der Waals surface area contributed by atoms with Crippen molar-refractivity contribution in [1.82, 2.24) is 0 Å². The summed E-state index contributed by atoms with van der Waals surface area (Å²) in [6, 6.07) is 17.9. The first kappa shape index (κ1) is 22.9. The summed E-state index contributed by atoms with van der Waals surface area (Å²) < 4.78 is 16.3. The predicted octanol–water partition coefficient (Wildman–Crippen LogP) is 4.73. The number of aryl methyl sites for hydroxylation is 1. The Bertz CT molecular complexity index is 1310. The molecule has 0 saturated heterocycles. The van der Waals surface area contributed by atoms with Crippen LogP contribution in [0, 0.1) is 13.8 Å². The molecule has 0 saturated carbocycles. The zero-order valence-corrected chi connectivity index (χ0v) is 19.8. The number of ether oxygens (including phenoxy) is 3. The molecule has 2 amide bonds. The van der Waals surface area contributed by atoms with Gasteiger partial charge in [0, 0.05) is 11.6 Å². The molecule has 1 N–H and O–H groups in total. The van der Waals surface area contributed by atoms with Crippen LogP contribution in [-0.2, 0) is 9.59 Å². The van der Waals surface area contributed by atoms with Crippen molar-refractivity contribution >= 4 is 28.8 Å². The second-order valence-electron chi connectivity index (χ2n) is 7.81. The summed E-state index contributed by atoms with van der Waals surface area (Å²) in [5.41, 5.74) is 3.78. The maximum Gasteiger partial charge on any atom is 0.282 e. The van der Waals surface area contributed by atoms with Gasteiger partial charge in [-0.2, -0.15) is 0 Å². The van der Waals surface area contributed by atoms with E-state index in [-0.39, 0.29) is 11.3 Å². The highest BCUT2D eigenvalue weighted by Crippen LogP contribution is 2.40. The Balaban J connectivity index is 1.90. The van der Waals surface area contributed by atoms with Gasteiger partial charge in [0.05, 0.1) is 38.3 Å². The van der Waals surface area contributed by atoms with Gasteiger partial charge >= 0.3 is 0 Å². The number of imide groups is 1. The van der Waals surface area contributed by atoms with Crippen LogP contribution in [0.5, 0.6) is 17.2 Å². The fraction of sp³-hybridized carbons (Fsp3) is 0.185. The molecule has 174 valence electrons. The minimum Gasteiger partial charge on any atom is -0.497 e. The molecule has 3 aromatic carbocycles.